The van der Waals surface area contributed by atoms with Gasteiger partial charge in [0.05, 0.1) is 11.0 Å². The Morgan fingerprint density at radius 1 is 1.61 bits per heavy atom. The van der Waals surface area contributed by atoms with Gasteiger partial charge in [-0.1, -0.05) is 0 Å². The first-order valence-electron chi connectivity index (χ1n) is 5.67. The Morgan fingerprint density at radius 3 is 2.94 bits per heavy atom. The zero-order valence-electron chi connectivity index (χ0n) is 10.3. The number of fused-ring (bicyclic) bond motifs is 1. The van der Waals surface area contributed by atoms with Gasteiger partial charge in [0.15, 0.2) is 0 Å². The Hall–Kier alpha value is -2.08. The van der Waals surface area contributed by atoms with Crippen LogP contribution in [0.5, 0.6) is 0 Å². The summed E-state index contributed by atoms with van der Waals surface area (Å²) in [6.07, 6.45) is -0.747. The number of aliphatic hydroxyl groups excluding tert-OH is 1. The maximum atomic E-state index is 11.5. The van der Waals surface area contributed by atoms with Gasteiger partial charge >= 0.3 is 0 Å². The predicted molar refractivity (Wildman–Crippen MR) is 68.8 cm³/mol. The van der Waals surface area contributed by atoms with Crippen LogP contribution in [0.4, 0.5) is 5.69 Å². The van der Waals surface area contributed by atoms with E-state index in [4.69, 9.17) is 5.73 Å². The van der Waals surface area contributed by atoms with Crippen LogP contribution in [0.2, 0.25) is 0 Å². The lowest BCUT2D eigenvalue weighted by molar-refractivity contribution is -0.121. The largest absolute Gasteiger partial charge is 0.399 e. The third-order valence-electron chi connectivity index (χ3n) is 2.76. The molecule has 0 radical (unpaired) electrons. The van der Waals surface area contributed by atoms with Gasteiger partial charge in [0.1, 0.15) is 18.5 Å². The summed E-state index contributed by atoms with van der Waals surface area (Å²) in [6.45, 7) is 1.74. The average Bonchev–Trinajstić information content (AvgIpc) is 2.67. The number of aliphatic hydroxyl groups is 1. The SMILES string of the molecule is CNC(=O)Cn1c(C(C)O)nc2cc(N)ccc21. The maximum absolute atomic E-state index is 11.5. The Morgan fingerprint density at radius 2 is 2.33 bits per heavy atom. The maximum Gasteiger partial charge on any atom is 0.239 e. The molecule has 1 heterocycles. The molecule has 4 N–H and O–H groups in total. The molecule has 1 atom stereocenters. The minimum absolute atomic E-state index is 0.122. The Kier molecular flexibility index (Phi) is 3.20. The highest BCUT2D eigenvalue weighted by Crippen LogP contribution is 2.22. The topological polar surface area (TPSA) is 93.2 Å². The van der Waals surface area contributed by atoms with Gasteiger partial charge in [0.25, 0.3) is 0 Å². The summed E-state index contributed by atoms with van der Waals surface area (Å²) < 4.78 is 1.69. The van der Waals surface area contributed by atoms with Crippen LogP contribution in [0.1, 0.15) is 18.9 Å². The minimum atomic E-state index is -0.747. The normalized spacial score (nSPS) is 12.6. The molecule has 2 rings (SSSR count). The van der Waals surface area contributed by atoms with Crippen molar-refractivity contribution in [1.29, 1.82) is 0 Å². The lowest BCUT2D eigenvalue weighted by Crippen LogP contribution is -2.24. The molecule has 96 valence electrons. The van der Waals surface area contributed by atoms with E-state index in [1.165, 1.54) is 0 Å². The van der Waals surface area contributed by atoms with Crippen LogP contribution in [-0.2, 0) is 11.3 Å². The van der Waals surface area contributed by atoms with Gasteiger partial charge in [-0.25, -0.2) is 4.98 Å². The third-order valence-corrected chi connectivity index (χ3v) is 2.76. The fraction of sp³-hybridized carbons (Fsp3) is 0.333. The van der Waals surface area contributed by atoms with E-state index >= 15 is 0 Å². The smallest absolute Gasteiger partial charge is 0.239 e. The molecule has 0 aliphatic carbocycles. The van der Waals surface area contributed by atoms with Crippen LogP contribution >= 0.6 is 0 Å². The lowest BCUT2D eigenvalue weighted by atomic mass is 10.3. The fourth-order valence-corrected chi connectivity index (χ4v) is 1.87. The molecule has 0 fully saturated rings. The molecule has 1 amide bonds. The van der Waals surface area contributed by atoms with E-state index in [0.717, 1.165) is 5.52 Å². The second-order valence-electron chi connectivity index (χ2n) is 4.15. The molecular formula is C12H16N4O2. The first-order chi connectivity index (χ1) is 8.52. The van der Waals surface area contributed by atoms with Gasteiger partial charge < -0.3 is 20.7 Å². The number of carbonyl (C=O) groups excluding carboxylic acids is 1. The van der Waals surface area contributed by atoms with Crippen molar-refractivity contribution in [3.8, 4) is 0 Å². The summed E-state index contributed by atoms with van der Waals surface area (Å²) in [4.78, 5) is 15.8. The van der Waals surface area contributed by atoms with E-state index in [1.807, 2.05) is 0 Å². The molecule has 0 bridgehead atoms. The van der Waals surface area contributed by atoms with Crippen molar-refractivity contribution in [3.05, 3.63) is 24.0 Å². The number of likely N-dealkylation sites (N-methyl/N-ethyl adjacent to an activating group) is 1. The van der Waals surface area contributed by atoms with E-state index in [1.54, 1.807) is 36.7 Å². The molecule has 1 unspecified atom stereocenters. The molecule has 0 saturated carbocycles. The van der Waals surface area contributed by atoms with E-state index < -0.39 is 6.10 Å². The number of nitrogen functional groups attached to an aromatic ring is 1. The first-order valence-corrected chi connectivity index (χ1v) is 5.67. The molecule has 0 aliphatic rings. The number of rotatable bonds is 3. The average molecular weight is 248 g/mol. The second kappa shape index (κ2) is 4.66. The number of nitrogens with zero attached hydrogens (tertiary/aromatic N) is 2. The van der Waals surface area contributed by atoms with Crippen molar-refractivity contribution >= 4 is 22.6 Å². The van der Waals surface area contributed by atoms with Crippen LogP contribution in [0, 0.1) is 0 Å². The number of nitrogens with two attached hydrogens (primary N) is 1. The van der Waals surface area contributed by atoms with Crippen LogP contribution < -0.4 is 11.1 Å². The van der Waals surface area contributed by atoms with Crippen molar-refractivity contribution in [2.75, 3.05) is 12.8 Å². The molecular weight excluding hydrogens is 232 g/mol. The summed E-state index contributed by atoms with van der Waals surface area (Å²) in [5.74, 6) is 0.312. The molecule has 1 aromatic carbocycles. The standard InChI is InChI=1S/C12H16N4O2/c1-7(17)12-15-9-5-8(13)3-4-10(9)16(12)6-11(18)14-2/h3-5,7,17H,6,13H2,1-2H3,(H,14,18). The van der Waals surface area contributed by atoms with Crippen molar-refractivity contribution in [2.24, 2.45) is 0 Å². The van der Waals surface area contributed by atoms with Crippen LogP contribution in [0.15, 0.2) is 18.2 Å². The highest BCUT2D eigenvalue weighted by Gasteiger charge is 2.16. The summed E-state index contributed by atoms with van der Waals surface area (Å²) in [7, 11) is 1.57. The Labute approximate surface area is 104 Å². The Bertz CT molecular complexity index is 589. The van der Waals surface area contributed by atoms with Crippen molar-refractivity contribution in [2.45, 2.75) is 19.6 Å². The zero-order chi connectivity index (χ0) is 13.3. The van der Waals surface area contributed by atoms with Crippen molar-refractivity contribution in [3.63, 3.8) is 0 Å². The second-order valence-corrected chi connectivity index (χ2v) is 4.15. The minimum Gasteiger partial charge on any atom is -0.399 e. The molecule has 18 heavy (non-hydrogen) atoms. The molecule has 6 nitrogen and oxygen atoms in total. The van der Waals surface area contributed by atoms with Gasteiger partial charge in [-0.05, 0) is 25.1 Å². The molecule has 0 aliphatic heterocycles. The van der Waals surface area contributed by atoms with Gasteiger partial charge in [-0.15, -0.1) is 0 Å². The highest BCUT2D eigenvalue weighted by molar-refractivity contribution is 5.83. The number of amides is 1. The molecule has 2 aromatic rings. The van der Waals surface area contributed by atoms with Crippen LogP contribution in [-0.4, -0.2) is 27.6 Å². The summed E-state index contributed by atoms with van der Waals surface area (Å²) in [5.41, 5.74) is 7.75. The fourth-order valence-electron chi connectivity index (χ4n) is 1.87. The Balaban J connectivity index is 2.59. The highest BCUT2D eigenvalue weighted by atomic mass is 16.3. The zero-order valence-corrected chi connectivity index (χ0v) is 10.3. The number of carbonyl (C=O) groups is 1. The third kappa shape index (κ3) is 2.14. The number of benzene rings is 1. The van der Waals surface area contributed by atoms with Crippen LogP contribution in [0.3, 0.4) is 0 Å². The molecule has 0 saturated heterocycles. The number of imidazole rings is 1. The number of aromatic nitrogens is 2. The number of hydrogen-bond donors (Lipinski definition) is 3. The first kappa shape index (κ1) is 12.4. The van der Waals surface area contributed by atoms with Crippen molar-refractivity contribution in [1.82, 2.24) is 14.9 Å². The molecule has 6 heteroatoms. The van der Waals surface area contributed by atoms with Gasteiger partial charge in [0, 0.05) is 12.7 Å². The van der Waals surface area contributed by atoms with Crippen LogP contribution in [0.25, 0.3) is 11.0 Å². The van der Waals surface area contributed by atoms with Crippen molar-refractivity contribution < 1.29 is 9.90 Å². The summed E-state index contributed by atoms with van der Waals surface area (Å²) in [6, 6.07) is 5.27. The van der Waals surface area contributed by atoms with E-state index in [-0.39, 0.29) is 12.5 Å². The predicted octanol–water partition coefficient (Wildman–Crippen LogP) is 0.418. The van der Waals surface area contributed by atoms with Gasteiger partial charge in [-0.2, -0.15) is 0 Å². The number of hydrogen-bond acceptors (Lipinski definition) is 4. The summed E-state index contributed by atoms with van der Waals surface area (Å²) in [5, 5.41) is 12.3. The molecule has 1 aromatic heterocycles. The lowest BCUT2D eigenvalue weighted by Gasteiger charge is -2.09. The number of nitrogens with one attached hydrogen (secondary N) is 1. The van der Waals surface area contributed by atoms with E-state index in [9.17, 15) is 9.90 Å². The van der Waals surface area contributed by atoms with Gasteiger partial charge in [0.2, 0.25) is 5.91 Å². The quantitative estimate of drug-likeness (QED) is 0.686. The van der Waals surface area contributed by atoms with Gasteiger partial charge in [-0.3, -0.25) is 4.79 Å². The molecule has 0 spiro atoms. The number of anilines is 1. The monoisotopic (exact) mass is 248 g/mol. The summed E-state index contributed by atoms with van der Waals surface area (Å²) >= 11 is 0. The van der Waals surface area contributed by atoms with E-state index in [0.29, 0.717) is 17.0 Å². The van der Waals surface area contributed by atoms with E-state index in [2.05, 4.69) is 10.3 Å².